The first-order valence-corrected chi connectivity index (χ1v) is 8.36. The number of fused-ring (bicyclic) bond motifs is 1. The van der Waals surface area contributed by atoms with Gasteiger partial charge < -0.3 is 15.6 Å². The minimum absolute atomic E-state index is 0. The molecule has 7 nitrogen and oxygen atoms in total. The molecular weight excluding hydrogens is 344 g/mol. The van der Waals surface area contributed by atoms with Crippen LogP contribution in [0.5, 0.6) is 0 Å². The van der Waals surface area contributed by atoms with E-state index in [1.807, 2.05) is 0 Å². The van der Waals surface area contributed by atoms with Crippen LogP contribution in [-0.2, 0) is 6.54 Å². The van der Waals surface area contributed by atoms with Crippen molar-refractivity contribution in [2.75, 3.05) is 19.6 Å². The Morgan fingerprint density at radius 2 is 2.16 bits per heavy atom. The normalized spacial score (nSPS) is 17.1. The summed E-state index contributed by atoms with van der Waals surface area (Å²) >= 11 is 0. The summed E-state index contributed by atoms with van der Waals surface area (Å²) in [5.74, 6) is 0.253. The van der Waals surface area contributed by atoms with Gasteiger partial charge in [-0.25, -0.2) is 4.79 Å². The highest BCUT2D eigenvalue weighted by Gasteiger charge is 2.15. The third-order valence-electron chi connectivity index (χ3n) is 4.51. The molecule has 2 heterocycles. The molecule has 25 heavy (non-hydrogen) atoms. The number of rotatable bonds is 4. The zero-order valence-corrected chi connectivity index (χ0v) is 14.9. The van der Waals surface area contributed by atoms with Gasteiger partial charge in [0.25, 0.3) is 11.5 Å². The lowest BCUT2D eigenvalue weighted by Crippen LogP contribution is -2.38. The minimum atomic E-state index is -0.458. The van der Waals surface area contributed by atoms with Gasteiger partial charge in [-0.2, -0.15) is 0 Å². The van der Waals surface area contributed by atoms with Gasteiger partial charge in [0.15, 0.2) is 0 Å². The Morgan fingerprint density at radius 1 is 1.36 bits per heavy atom. The summed E-state index contributed by atoms with van der Waals surface area (Å²) in [6.45, 7) is 4.63. The summed E-state index contributed by atoms with van der Waals surface area (Å²) in [7, 11) is 0. The van der Waals surface area contributed by atoms with Crippen molar-refractivity contribution in [3.8, 4) is 0 Å². The molecule has 1 aromatic heterocycles. The second-order valence-corrected chi connectivity index (χ2v) is 6.16. The summed E-state index contributed by atoms with van der Waals surface area (Å²) in [4.78, 5) is 39.1. The molecule has 1 aliphatic heterocycles. The Labute approximate surface area is 151 Å². The number of amides is 1. The highest BCUT2D eigenvalue weighted by atomic mass is 35.5. The van der Waals surface area contributed by atoms with Crippen molar-refractivity contribution < 1.29 is 4.79 Å². The van der Waals surface area contributed by atoms with Crippen molar-refractivity contribution in [3.05, 3.63) is 44.6 Å². The highest BCUT2D eigenvalue weighted by Crippen LogP contribution is 2.11. The fraction of sp³-hybridized carbons (Fsp3) is 0.471. The number of nitrogens with zero attached hydrogens (tertiary/aromatic N) is 1. The number of piperidine rings is 1. The van der Waals surface area contributed by atoms with E-state index in [9.17, 15) is 14.4 Å². The molecule has 1 unspecified atom stereocenters. The molecule has 1 atom stereocenters. The van der Waals surface area contributed by atoms with Crippen LogP contribution in [0.2, 0.25) is 0 Å². The number of carbonyl (C=O) groups excluding carboxylic acids is 1. The van der Waals surface area contributed by atoms with Crippen LogP contribution in [0.1, 0.15) is 30.1 Å². The van der Waals surface area contributed by atoms with Crippen molar-refractivity contribution >= 4 is 29.2 Å². The van der Waals surface area contributed by atoms with Gasteiger partial charge in [-0.05, 0) is 57.0 Å². The molecule has 1 saturated heterocycles. The van der Waals surface area contributed by atoms with E-state index in [0.717, 1.165) is 30.5 Å². The molecule has 136 valence electrons. The number of hydrogen-bond acceptors (Lipinski definition) is 4. The van der Waals surface area contributed by atoms with Crippen molar-refractivity contribution in [2.24, 2.45) is 5.92 Å². The number of hydrogen-bond donors (Lipinski definition) is 3. The van der Waals surface area contributed by atoms with E-state index in [4.69, 9.17) is 0 Å². The molecule has 1 aliphatic rings. The van der Waals surface area contributed by atoms with E-state index in [1.165, 1.54) is 0 Å². The first kappa shape index (κ1) is 19.2. The average Bonchev–Trinajstić information content (AvgIpc) is 2.60. The third kappa shape index (κ3) is 4.11. The number of aromatic nitrogens is 2. The van der Waals surface area contributed by atoms with Crippen LogP contribution in [-0.4, -0.2) is 35.1 Å². The van der Waals surface area contributed by atoms with Crippen molar-refractivity contribution in [1.29, 1.82) is 0 Å². The Morgan fingerprint density at radius 3 is 2.84 bits per heavy atom. The predicted molar refractivity (Wildman–Crippen MR) is 99.7 cm³/mol. The van der Waals surface area contributed by atoms with Gasteiger partial charge in [0.1, 0.15) is 0 Å². The van der Waals surface area contributed by atoms with E-state index in [-0.39, 0.29) is 23.9 Å². The van der Waals surface area contributed by atoms with Crippen LogP contribution in [0.15, 0.2) is 27.8 Å². The predicted octanol–water partition coefficient (Wildman–Crippen LogP) is 0.861. The van der Waals surface area contributed by atoms with Crippen LogP contribution in [0.25, 0.3) is 10.9 Å². The number of halogens is 1. The van der Waals surface area contributed by atoms with Crippen molar-refractivity contribution in [3.63, 3.8) is 0 Å². The number of nitrogens with one attached hydrogen (secondary N) is 3. The molecule has 0 saturated carbocycles. The second-order valence-electron chi connectivity index (χ2n) is 6.16. The molecular formula is C17H23ClN4O3. The van der Waals surface area contributed by atoms with Crippen LogP contribution in [0.3, 0.4) is 0 Å². The molecule has 1 fully saturated rings. The lowest BCUT2D eigenvalue weighted by atomic mass is 9.99. The first-order chi connectivity index (χ1) is 11.6. The number of carbonyl (C=O) groups is 1. The Bertz CT molecular complexity index is 868. The minimum Gasteiger partial charge on any atom is -0.352 e. The van der Waals surface area contributed by atoms with Gasteiger partial charge in [0, 0.05) is 18.7 Å². The standard InChI is InChI=1S/C17H22N4O3.ClH/c1-2-21-16(23)13-6-5-12(8-14(13)20-17(21)24)15(22)19-10-11-4-3-7-18-9-11;/h5-6,8,11,18H,2-4,7,9-10H2,1H3,(H,19,22)(H,20,24);1H. The lowest BCUT2D eigenvalue weighted by molar-refractivity contribution is 0.0945. The summed E-state index contributed by atoms with van der Waals surface area (Å²) < 4.78 is 1.14. The monoisotopic (exact) mass is 366 g/mol. The maximum Gasteiger partial charge on any atom is 0.328 e. The molecule has 1 aromatic carbocycles. The molecule has 0 spiro atoms. The Hall–Kier alpha value is -2.12. The quantitative estimate of drug-likeness (QED) is 0.747. The third-order valence-corrected chi connectivity index (χ3v) is 4.51. The highest BCUT2D eigenvalue weighted by molar-refractivity contribution is 5.97. The Balaban J connectivity index is 0.00000225. The van der Waals surface area contributed by atoms with Crippen molar-refractivity contribution in [2.45, 2.75) is 26.3 Å². The van der Waals surface area contributed by atoms with Gasteiger partial charge in [0.05, 0.1) is 10.9 Å². The topological polar surface area (TPSA) is 96.0 Å². The number of aromatic amines is 1. The summed E-state index contributed by atoms with van der Waals surface area (Å²) in [5.41, 5.74) is 0.0366. The van der Waals surface area contributed by atoms with E-state index in [1.54, 1.807) is 25.1 Å². The van der Waals surface area contributed by atoms with E-state index in [0.29, 0.717) is 35.5 Å². The molecule has 0 radical (unpaired) electrons. The SMILES string of the molecule is CCn1c(=O)[nH]c2cc(C(=O)NCC3CCCNC3)ccc2c1=O.Cl. The van der Waals surface area contributed by atoms with Crippen LogP contribution >= 0.6 is 12.4 Å². The van der Waals surface area contributed by atoms with Crippen molar-refractivity contribution in [1.82, 2.24) is 20.2 Å². The molecule has 2 aromatic rings. The fourth-order valence-corrected chi connectivity index (χ4v) is 3.12. The smallest absolute Gasteiger partial charge is 0.328 e. The molecule has 3 rings (SSSR count). The average molecular weight is 367 g/mol. The zero-order chi connectivity index (χ0) is 17.1. The Kier molecular flexibility index (Phi) is 6.39. The van der Waals surface area contributed by atoms with E-state index >= 15 is 0 Å². The maximum atomic E-state index is 12.3. The molecule has 3 N–H and O–H groups in total. The fourth-order valence-electron chi connectivity index (χ4n) is 3.12. The summed E-state index contributed by atoms with van der Waals surface area (Å²) in [6, 6.07) is 4.78. The van der Waals surface area contributed by atoms with E-state index in [2.05, 4.69) is 15.6 Å². The first-order valence-electron chi connectivity index (χ1n) is 8.36. The lowest BCUT2D eigenvalue weighted by Gasteiger charge is -2.22. The van der Waals surface area contributed by atoms with Gasteiger partial charge in [-0.15, -0.1) is 12.4 Å². The van der Waals surface area contributed by atoms with Gasteiger partial charge >= 0.3 is 5.69 Å². The van der Waals surface area contributed by atoms with Gasteiger partial charge in [-0.3, -0.25) is 14.2 Å². The second kappa shape index (κ2) is 8.31. The largest absolute Gasteiger partial charge is 0.352 e. The zero-order valence-electron chi connectivity index (χ0n) is 14.1. The summed E-state index contributed by atoms with van der Waals surface area (Å²) in [6.07, 6.45) is 2.23. The number of H-pyrrole nitrogens is 1. The van der Waals surface area contributed by atoms with Crippen LogP contribution < -0.4 is 21.9 Å². The maximum absolute atomic E-state index is 12.3. The molecule has 8 heteroatoms. The van der Waals surface area contributed by atoms with E-state index < -0.39 is 5.69 Å². The van der Waals surface area contributed by atoms with Gasteiger partial charge in [0.2, 0.25) is 0 Å². The van der Waals surface area contributed by atoms with Crippen LogP contribution in [0.4, 0.5) is 0 Å². The molecule has 1 amide bonds. The summed E-state index contributed by atoms with van der Waals surface area (Å²) in [5, 5.41) is 6.66. The van der Waals surface area contributed by atoms with Crippen LogP contribution in [0, 0.1) is 5.92 Å². The molecule has 0 aliphatic carbocycles. The van der Waals surface area contributed by atoms with Gasteiger partial charge in [-0.1, -0.05) is 0 Å². The number of benzene rings is 1. The molecule has 0 bridgehead atoms.